The molecule has 0 aliphatic carbocycles. The molecule has 0 saturated carbocycles. The number of aryl methyl sites for hydroxylation is 1. The van der Waals surface area contributed by atoms with E-state index < -0.39 is 17.9 Å². The zero-order valence-corrected chi connectivity index (χ0v) is 14.2. The summed E-state index contributed by atoms with van der Waals surface area (Å²) in [6, 6.07) is 3.19. The number of thiazole rings is 1. The van der Waals surface area contributed by atoms with Gasteiger partial charge in [-0.1, -0.05) is 6.92 Å². The van der Waals surface area contributed by atoms with Crippen LogP contribution in [0.15, 0.2) is 12.1 Å². The van der Waals surface area contributed by atoms with Gasteiger partial charge in [0.05, 0.1) is 33.9 Å². The van der Waals surface area contributed by atoms with Gasteiger partial charge in [0.15, 0.2) is 0 Å². The van der Waals surface area contributed by atoms with E-state index in [2.05, 4.69) is 10.3 Å². The number of urea groups is 1. The van der Waals surface area contributed by atoms with Crippen molar-refractivity contribution < 1.29 is 19.4 Å². The molecule has 7 nitrogen and oxygen atoms in total. The maximum atomic E-state index is 12.2. The van der Waals surface area contributed by atoms with Gasteiger partial charge in [-0.15, -0.1) is 11.3 Å². The molecule has 0 fully saturated rings. The van der Waals surface area contributed by atoms with Crippen LogP contribution in [0.3, 0.4) is 0 Å². The minimum absolute atomic E-state index is 0.116. The molecular formula is C15H19N3O4S. The van der Waals surface area contributed by atoms with Crippen molar-refractivity contribution in [1.82, 2.24) is 9.88 Å². The van der Waals surface area contributed by atoms with Crippen LogP contribution in [0.4, 0.5) is 10.5 Å². The van der Waals surface area contributed by atoms with Crippen molar-refractivity contribution in [3.8, 4) is 5.75 Å². The van der Waals surface area contributed by atoms with Gasteiger partial charge in [0.1, 0.15) is 5.75 Å². The van der Waals surface area contributed by atoms with Gasteiger partial charge >= 0.3 is 12.0 Å². The van der Waals surface area contributed by atoms with Crippen molar-refractivity contribution in [2.45, 2.75) is 13.8 Å². The van der Waals surface area contributed by atoms with Gasteiger partial charge < -0.3 is 20.1 Å². The fourth-order valence-electron chi connectivity index (χ4n) is 2.12. The van der Waals surface area contributed by atoms with Gasteiger partial charge in [0.2, 0.25) is 0 Å². The SMILES string of the molecule is COc1cc2nc(C)sc2cc1NC(=O)N(C)CC(C)C(=O)O. The van der Waals surface area contributed by atoms with Crippen molar-refractivity contribution in [3.63, 3.8) is 0 Å². The molecule has 2 amide bonds. The van der Waals surface area contributed by atoms with E-state index >= 15 is 0 Å². The third-order valence-corrected chi connectivity index (χ3v) is 4.31. The minimum Gasteiger partial charge on any atom is -0.494 e. The van der Waals surface area contributed by atoms with Gasteiger partial charge in [0, 0.05) is 19.7 Å². The monoisotopic (exact) mass is 337 g/mol. The Kier molecular flexibility index (Phi) is 5.05. The molecule has 8 heteroatoms. The fourth-order valence-corrected chi connectivity index (χ4v) is 2.97. The Morgan fingerprint density at radius 3 is 2.78 bits per heavy atom. The Hall–Kier alpha value is -2.35. The lowest BCUT2D eigenvalue weighted by Gasteiger charge is -2.20. The van der Waals surface area contributed by atoms with Crippen molar-refractivity contribution >= 4 is 39.2 Å². The second-order valence-corrected chi connectivity index (χ2v) is 6.54. The van der Waals surface area contributed by atoms with Crippen molar-refractivity contribution in [1.29, 1.82) is 0 Å². The first-order valence-electron chi connectivity index (χ1n) is 7.02. The summed E-state index contributed by atoms with van der Waals surface area (Å²) >= 11 is 1.53. The number of rotatable bonds is 5. The first kappa shape index (κ1) is 17.0. The van der Waals surface area contributed by atoms with Crippen LogP contribution in [0.2, 0.25) is 0 Å². The van der Waals surface area contributed by atoms with Gasteiger partial charge in [-0.2, -0.15) is 0 Å². The number of carbonyl (C=O) groups excluding carboxylic acids is 1. The number of methoxy groups -OCH3 is 1. The number of carbonyl (C=O) groups is 2. The number of ether oxygens (including phenoxy) is 1. The molecule has 0 bridgehead atoms. The molecular weight excluding hydrogens is 318 g/mol. The molecule has 1 aromatic carbocycles. The van der Waals surface area contributed by atoms with Crippen molar-refractivity contribution in [2.24, 2.45) is 5.92 Å². The number of amides is 2. The van der Waals surface area contributed by atoms with Crippen LogP contribution < -0.4 is 10.1 Å². The quantitative estimate of drug-likeness (QED) is 0.875. The average Bonchev–Trinajstić information content (AvgIpc) is 2.84. The number of fused-ring (bicyclic) bond motifs is 1. The van der Waals surface area contributed by atoms with Crippen molar-refractivity contribution in [3.05, 3.63) is 17.1 Å². The molecule has 1 unspecified atom stereocenters. The van der Waals surface area contributed by atoms with Crippen molar-refractivity contribution in [2.75, 3.05) is 26.0 Å². The molecule has 1 atom stereocenters. The summed E-state index contributed by atoms with van der Waals surface area (Å²) in [5.41, 5.74) is 1.35. The van der Waals surface area contributed by atoms with Crippen LogP contribution in [0.5, 0.6) is 5.75 Å². The van der Waals surface area contributed by atoms with E-state index in [1.807, 2.05) is 13.0 Å². The number of nitrogens with one attached hydrogen (secondary N) is 1. The van der Waals surface area contributed by atoms with E-state index in [4.69, 9.17) is 9.84 Å². The average molecular weight is 337 g/mol. The van der Waals surface area contributed by atoms with Gasteiger partial charge in [-0.25, -0.2) is 9.78 Å². The van der Waals surface area contributed by atoms with E-state index in [0.717, 1.165) is 15.2 Å². The van der Waals surface area contributed by atoms with E-state index in [1.165, 1.54) is 23.3 Å². The first-order valence-corrected chi connectivity index (χ1v) is 7.83. The zero-order chi connectivity index (χ0) is 17.1. The number of aliphatic carboxylic acids is 1. The van der Waals surface area contributed by atoms with Gasteiger partial charge in [-0.3, -0.25) is 4.79 Å². The lowest BCUT2D eigenvalue weighted by atomic mass is 10.2. The highest BCUT2D eigenvalue weighted by atomic mass is 32.1. The second-order valence-electron chi connectivity index (χ2n) is 5.30. The van der Waals surface area contributed by atoms with Crippen LogP contribution in [-0.4, -0.2) is 47.7 Å². The Bertz CT molecular complexity index is 744. The molecule has 23 heavy (non-hydrogen) atoms. The molecule has 2 rings (SSSR count). The lowest BCUT2D eigenvalue weighted by molar-refractivity contribution is -0.141. The molecule has 124 valence electrons. The van der Waals surface area contributed by atoms with E-state index in [-0.39, 0.29) is 6.54 Å². The molecule has 0 aliphatic heterocycles. The normalized spacial score (nSPS) is 12.0. The topological polar surface area (TPSA) is 91.8 Å². The molecule has 1 aromatic heterocycles. The first-order chi connectivity index (χ1) is 10.8. The number of hydrogen-bond donors (Lipinski definition) is 2. The van der Waals surface area contributed by atoms with Crippen LogP contribution >= 0.6 is 11.3 Å². The maximum Gasteiger partial charge on any atom is 0.321 e. The number of carboxylic acids is 1. The van der Waals surface area contributed by atoms with E-state index in [9.17, 15) is 9.59 Å². The predicted octanol–water partition coefficient (Wildman–Crippen LogP) is 2.80. The number of benzene rings is 1. The standard InChI is InChI=1S/C15H19N3O4S/c1-8(14(19)20)7-18(3)15(21)17-10-6-13-11(5-12(10)22-4)16-9(2)23-13/h5-6,8H,7H2,1-4H3,(H,17,21)(H,19,20). The molecule has 0 saturated heterocycles. The van der Waals surface area contributed by atoms with E-state index in [1.54, 1.807) is 20.0 Å². The third kappa shape index (κ3) is 3.89. The van der Waals surface area contributed by atoms with Gasteiger partial charge in [-0.05, 0) is 13.0 Å². The number of anilines is 1. The summed E-state index contributed by atoms with van der Waals surface area (Å²) in [5, 5.41) is 12.6. The molecule has 2 N–H and O–H groups in total. The summed E-state index contributed by atoms with van der Waals surface area (Å²) < 4.78 is 6.24. The highest BCUT2D eigenvalue weighted by Crippen LogP contribution is 2.33. The van der Waals surface area contributed by atoms with E-state index in [0.29, 0.717) is 11.4 Å². The molecule has 0 aliphatic rings. The summed E-state index contributed by atoms with van der Waals surface area (Å²) in [4.78, 5) is 28.8. The highest BCUT2D eigenvalue weighted by molar-refractivity contribution is 7.18. The van der Waals surface area contributed by atoms with Crippen LogP contribution in [0.25, 0.3) is 10.2 Å². The Morgan fingerprint density at radius 1 is 1.48 bits per heavy atom. The zero-order valence-electron chi connectivity index (χ0n) is 13.4. The number of carboxylic acid groups (broad SMARTS) is 1. The molecule has 0 spiro atoms. The third-order valence-electron chi connectivity index (χ3n) is 3.37. The van der Waals surface area contributed by atoms with Crippen LogP contribution in [-0.2, 0) is 4.79 Å². The Balaban J connectivity index is 2.19. The van der Waals surface area contributed by atoms with Crippen LogP contribution in [0, 0.1) is 12.8 Å². The number of nitrogens with zero attached hydrogens (tertiary/aromatic N) is 2. The number of aromatic nitrogens is 1. The molecule has 1 heterocycles. The Morgan fingerprint density at radius 2 is 2.17 bits per heavy atom. The summed E-state index contributed by atoms with van der Waals surface area (Å²) in [7, 11) is 3.07. The Labute approximate surface area is 137 Å². The number of hydrogen-bond acceptors (Lipinski definition) is 5. The largest absolute Gasteiger partial charge is 0.494 e. The van der Waals surface area contributed by atoms with Gasteiger partial charge in [0.25, 0.3) is 0 Å². The highest BCUT2D eigenvalue weighted by Gasteiger charge is 2.19. The summed E-state index contributed by atoms with van der Waals surface area (Å²) in [6.45, 7) is 3.58. The molecule has 2 aromatic rings. The predicted molar refractivity (Wildman–Crippen MR) is 89.4 cm³/mol. The fraction of sp³-hybridized carbons (Fsp3) is 0.400. The summed E-state index contributed by atoms with van der Waals surface area (Å²) in [6.07, 6.45) is 0. The molecule has 0 radical (unpaired) electrons. The maximum absolute atomic E-state index is 12.2. The minimum atomic E-state index is -0.941. The smallest absolute Gasteiger partial charge is 0.321 e. The summed E-state index contributed by atoms with van der Waals surface area (Å²) in [5.74, 6) is -1.07. The lowest BCUT2D eigenvalue weighted by Crippen LogP contribution is -2.36. The van der Waals surface area contributed by atoms with Crippen LogP contribution in [0.1, 0.15) is 11.9 Å². The second kappa shape index (κ2) is 6.82.